The second-order valence-electron chi connectivity index (χ2n) is 10.3. The van der Waals surface area contributed by atoms with E-state index in [4.69, 9.17) is 9.72 Å². The highest BCUT2D eigenvalue weighted by molar-refractivity contribution is 6.05. The van der Waals surface area contributed by atoms with E-state index in [1.165, 1.54) is 0 Å². The minimum absolute atomic E-state index is 0.115. The molecule has 0 aliphatic carbocycles. The van der Waals surface area contributed by atoms with Crippen LogP contribution in [0, 0.1) is 0 Å². The molecule has 2 atom stereocenters. The van der Waals surface area contributed by atoms with Crippen molar-refractivity contribution in [3.05, 3.63) is 102 Å². The lowest BCUT2D eigenvalue weighted by Gasteiger charge is -2.36. The number of aromatic nitrogens is 4. The molecular formula is C32H27N5O2. The van der Waals surface area contributed by atoms with Crippen LogP contribution in [0.3, 0.4) is 0 Å². The van der Waals surface area contributed by atoms with Crippen LogP contribution in [0.25, 0.3) is 49.5 Å². The zero-order chi connectivity index (χ0) is 26.5. The van der Waals surface area contributed by atoms with E-state index in [0.717, 1.165) is 62.7 Å². The first-order valence-corrected chi connectivity index (χ1v) is 13.2. The van der Waals surface area contributed by atoms with E-state index < -0.39 is 0 Å². The number of morpholine rings is 1. The van der Waals surface area contributed by atoms with Crippen LogP contribution in [0.5, 0.6) is 0 Å². The second kappa shape index (κ2) is 9.29. The molecule has 7 nitrogen and oxygen atoms in total. The molecule has 0 N–H and O–H groups in total. The van der Waals surface area contributed by atoms with Gasteiger partial charge in [-0.1, -0.05) is 24.3 Å². The second-order valence-corrected chi connectivity index (χ2v) is 10.3. The number of ether oxygens (including phenoxy) is 1. The molecule has 0 saturated carbocycles. The van der Waals surface area contributed by atoms with E-state index in [-0.39, 0.29) is 17.8 Å². The number of nitrogens with zero attached hydrogens (tertiary/aromatic N) is 5. The molecule has 1 aliphatic rings. The van der Waals surface area contributed by atoms with Crippen molar-refractivity contribution in [2.24, 2.45) is 0 Å². The van der Waals surface area contributed by atoms with Crippen LogP contribution >= 0.6 is 0 Å². The molecule has 0 amide bonds. The van der Waals surface area contributed by atoms with Crippen molar-refractivity contribution >= 4 is 38.5 Å². The smallest absolute Gasteiger partial charge is 0.255 e. The highest BCUT2D eigenvalue weighted by Gasteiger charge is 2.23. The quantitative estimate of drug-likeness (QED) is 0.280. The Balaban J connectivity index is 1.37. The number of pyridine rings is 4. The summed E-state index contributed by atoms with van der Waals surface area (Å²) in [5.74, 6) is 0.881. The van der Waals surface area contributed by atoms with Crippen molar-refractivity contribution in [2.75, 3.05) is 18.0 Å². The van der Waals surface area contributed by atoms with Crippen LogP contribution in [-0.2, 0) is 4.74 Å². The molecule has 7 heteroatoms. The van der Waals surface area contributed by atoms with E-state index in [1.54, 1.807) is 16.8 Å². The third-order valence-corrected chi connectivity index (χ3v) is 7.38. The average Bonchev–Trinajstić information content (AvgIpc) is 2.96. The molecule has 1 aliphatic heterocycles. The first kappa shape index (κ1) is 23.5. The van der Waals surface area contributed by atoms with Crippen molar-refractivity contribution in [3.8, 4) is 16.8 Å². The molecule has 7 rings (SSSR count). The lowest BCUT2D eigenvalue weighted by Crippen LogP contribution is -2.45. The van der Waals surface area contributed by atoms with E-state index in [1.807, 2.05) is 54.9 Å². The summed E-state index contributed by atoms with van der Waals surface area (Å²) in [5, 5.41) is 2.87. The van der Waals surface area contributed by atoms with Gasteiger partial charge >= 0.3 is 0 Å². The predicted molar refractivity (Wildman–Crippen MR) is 156 cm³/mol. The Morgan fingerprint density at radius 2 is 1.56 bits per heavy atom. The fraction of sp³-hybridized carbons (Fsp3) is 0.188. The Morgan fingerprint density at radius 1 is 0.744 bits per heavy atom. The van der Waals surface area contributed by atoms with Gasteiger partial charge in [0.15, 0.2) is 0 Å². The van der Waals surface area contributed by atoms with Gasteiger partial charge in [0.05, 0.1) is 40.6 Å². The van der Waals surface area contributed by atoms with Crippen LogP contribution in [0.2, 0.25) is 0 Å². The van der Waals surface area contributed by atoms with E-state index in [9.17, 15) is 4.79 Å². The monoisotopic (exact) mass is 513 g/mol. The number of hydrogen-bond donors (Lipinski definition) is 0. The van der Waals surface area contributed by atoms with Gasteiger partial charge in [0, 0.05) is 53.3 Å². The number of para-hydroxylation sites is 1. The maximum Gasteiger partial charge on any atom is 0.255 e. The summed E-state index contributed by atoms with van der Waals surface area (Å²) in [6.07, 6.45) is 5.78. The maximum absolute atomic E-state index is 13.3. The van der Waals surface area contributed by atoms with Gasteiger partial charge in [0.25, 0.3) is 5.56 Å². The van der Waals surface area contributed by atoms with E-state index >= 15 is 0 Å². The van der Waals surface area contributed by atoms with Gasteiger partial charge in [0.1, 0.15) is 5.82 Å². The molecule has 2 unspecified atom stereocenters. The lowest BCUT2D eigenvalue weighted by molar-refractivity contribution is -0.00545. The summed E-state index contributed by atoms with van der Waals surface area (Å²) in [6, 6.07) is 23.8. The third-order valence-electron chi connectivity index (χ3n) is 7.38. The molecule has 1 saturated heterocycles. The highest BCUT2D eigenvalue weighted by atomic mass is 16.5. The van der Waals surface area contributed by atoms with Crippen LogP contribution in [-0.4, -0.2) is 44.8 Å². The van der Waals surface area contributed by atoms with Gasteiger partial charge in [-0.3, -0.25) is 19.3 Å². The SMILES string of the molecule is CC1CN(c2ccc(-n3c(=O)ccc4cnc5ccc(-c6cnc7ccccc7c6)cc5c43)cn2)CC(C)O1. The number of benzene rings is 2. The number of hydrogen-bond acceptors (Lipinski definition) is 6. The van der Waals surface area contributed by atoms with Crippen LogP contribution < -0.4 is 10.5 Å². The third kappa shape index (κ3) is 4.21. The Hall–Kier alpha value is -4.62. The maximum atomic E-state index is 13.3. The molecule has 0 spiro atoms. The van der Waals surface area contributed by atoms with Crippen molar-refractivity contribution in [1.82, 2.24) is 19.5 Å². The van der Waals surface area contributed by atoms with E-state index in [2.05, 4.69) is 53.0 Å². The van der Waals surface area contributed by atoms with Gasteiger partial charge in [-0.25, -0.2) is 4.98 Å². The summed E-state index contributed by atoms with van der Waals surface area (Å²) in [4.78, 5) is 29.6. The summed E-state index contributed by atoms with van der Waals surface area (Å²) < 4.78 is 7.61. The molecule has 39 heavy (non-hydrogen) atoms. The largest absolute Gasteiger partial charge is 0.372 e. The highest BCUT2D eigenvalue weighted by Crippen LogP contribution is 2.30. The first-order valence-electron chi connectivity index (χ1n) is 13.2. The van der Waals surface area contributed by atoms with E-state index in [0.29, 0.717) is 5.69 Å². The minimum Gasteiger partial charge on any atom is -0.372 e. The Labute approximate surface area is 225 Å². The van der Waals surface area contributed by atoms with Crippen molar-refractivity contribution in [2.45, 2.75) is 26.1 Å². The molecule has 5 heterocycles. The summed E-state index contributed by atoms with van der Waals surface area (Å²) >= 11 is 0. The molecular weight excluding hydrogens is 486 g/mol. The van der Waals surface area contributed by atoms with Gasteiger partial charge in [-0.05, 0) is 61.9 Å². The number of rotatable bonds is 3. The topological polar surface area (TPSA) is 73.1 Å². The Bertz CT molecular complexity index is 1910. The Morgan fingerprint density at radius 3 is 2.38 bits per heavy atom. The molecule has 6 aromatic rings. The predicted octanol–water partition coefficient (Wildman–Crippen LogP) is 5.76. The summed E-state index contributed by atoms with van der Waals surface area (Å²) in [6.45, 7) is 5.73. The average molecular weight is 514 g/mol. The van der Waals surface area contributed by atoms with Crippen LogP contribution in [0.15, 0.2) is 96.2 Å². The molecule has 2 aromatic carbocycles. The zero-order valence-corrected chi connectivity index (χ0v) is 21.8. The van der Waals surface area contributed by atoms with Gasteiger partial charge in [-0.15, -0.1) is 0 Å². The van der Waals surface area contributed by atoms with Gasteiger partial charge in [0.2, 0.25) is 0 Å². The zero-order valence-electron chi connectivity index (χ0n) is 21.8. The van der Waals surface area contributed by atoms with Crippen LogP contribution in [0.1, 0.15) is 13.8 Å². The number of fused-ring (bicyclic) bond motifs is 4. The number of anilines is 1. The fourth-order valence-electron chi connectivity index (χ4n) is 5.64. The summed E-state index contributed by atoms with van der Waals surface area (Å²) in [5.41, 5.74) is 5.22. The summed E-state index contributed by atoms with van der Waals surface area (Å²) in [7, 11) is 0. The van der Waals surface area contributed by atoms with Crippen molar-refractivity contribution in [3.63, 3.8) is 0 Å². The normalized spacial score (nSPS) is 17.7. The molecule has 0 radical (unpaired) electrons. The van der Waals surface area contributed by atoms with Gasteiger partial charge < -0.3 is 9.64 Å². The standard InChI is InChI=1S/C32H27N5O2/c1-20-18-36(19-21(2)39-20)30-11-9-26(17-35-30)37-31(38)12-8-24-15-34-29-10-7-22(14-27(29)32(24)37)25-13-23-5-3-4-6-28(23)33-16-25/h3-17,20-21H,18-19H2,1-2H3. The first-order chi connectivity index (χ1) is 19.0. The fourth-order valence-corrected chi connectivity index (χ4v) is 5.64. The molecule has 4 aromatic heterocycles. The van der Waals surface area contributed by atoms with Crippen molar-refractivity contribution < 1.29 is 4.74 Å². The Kier molecular flexibility index (Phi) is 5.60. The van der Waals surface area contributed by atoms with Gasteiger partial charge in [-0.2, -0.15) is 0 Å². The van der Waals surface area contributed by atoms with Crippen molar-refractivity contribution in [1.29, 1.82) is 0 Å². The lowest BCUT2D eigenvalue weighted by atomic mass is 10.0. The molecule has 192 valence electrons. The van der Waals surface area contributed by atoms with Crippen LogP contribution in [0.4, 0.5) is 5.82 Å². The molecule has 1 fully saturated rings. The molecule has 0 bridgehead atoms. The minimum atomic E-state index is -0.115.